The second kappa shape index (κ2) is 6.74. The molecule has 2 rings (SSSR count). The molecule has 0 radical (unpaired) electrons. The van der Waals surface area contributed by atoms with Crippen molar-refractivity contribution in [3.05, 3.63) is 0 Å². The summed E-state index contributed by atoms with van der Waals surface area (Å²) in [4.78, 5) is 14.3. The summed E-state index contributed by atoms with van der Waals surface area (Å²) in [7, 11) is 0. The Morgan fingerprint density at radius 2 is 1.74 bits per heavy atom. The van der Waals surface area contributed by atoms with Gasteiger partial charge < -0.3 is 4.74 Å². The Kier molecular flexibility index (Phi) is 5.26. The summed E-state index contributed by atoms with van der Waals surface area (Å²) in [5.41, 5.74) is 0.613. The van der Waals surface area contributed by atoms with Crippen molar-refractivity contribution in [1.29, 1.82) is 0 Å². The van der Waals surface area contributed by atoms with Crippen LogP contribution < -0.4 is 0 Å². The van der Waals surface area contributed by atoms with Gasteiger partial charge in [0.25, 0.3) is 0 Å². The zero-order chi connectivity index (χ0) is 13.7. The van der Waals surface area contributed by atoms with Crippen LogP contribution in [0.5, 0.6) is 0 Å². The highest BCUT2D eigenvalue weighted by Crippen LogP contribution is 2.44. The van der Waals surface area contributed by atoms with E-state index in [1.165, 1.54) is 44.9 Å². The van der Waals surface area contributed by atoms with Gasteiger partial charge in [-0.05, 0) is 57.5 Å². The quantitative estimate of drug-likeness (QED) is 0.731. The number of rotatable bonds is 4. The van der Waals surface area contributed by atoms with Crippen molar-refractivity contribution >= 4 is 5.97 Å². The van der Waals surface area contributed by atoms with E-state index in [0.717, 1.165) is 19.5 Å². The van der Waals surface area contributed by atoms with Crippen molar-refractivity contribution in [2.75, 3.05) is 19.7 Å². The number of likely N-dealkylation sites (tertiary alicyclic amines) is 1. The van der Waals surface area contributed by atoms with Gasteiger partial charge in [-0.3, -0.25) is 9.69 Å². The number of piperidine rings is 1. The van der Waals surface area contributed by atoms with Gasteiger partial charge in [-0.2, -0.15) is 0 Å². The number of hydrogen-bond acceptors (Lipinski definition) is 3. The van der Waals surface area contributed by atoms with Crippen molar-refractivity contribution in [3.8, 4) is 0 Å². The number of nitrogens with zero attached hydrogens (tertiary/aromatic N) is 1. The molecule has 0 amide bonds. The highest BCUT2D eigenvalue weighted by Gasteiger charge is 2.38. The number of ether oxygens (including phenoxy) is 1. The van der Waals surface area contributed by atoms with E-state index >= 15 is 0 Å². The zero-order valence-corrected chi connectivity index (χ0v) is 12.6. The molecule has 2 fully saturated rings. The lowest BCUT2D eigenvalue weighted by atomic mass is 9.68. The zero-order valence-electron chi connectivity index (χ0n) is 12.6. The van der Waals surface area contributed by atoms with E-state index in [1.807, 2.05) is 6.92 Å². The Bertz CT molecular complexity index is 287. The summed E-state index contributed by atoms with van der Waals surface area (Å²) in [6, 6.07) is -0.0131. The maximum absolute atomic E-state index is 12.0. The van der Waals surface area contributed by atoms with E-state index in [0.29, 0.717) is 12.0 Å². The molecule has 1 unspecified atom stereocenters. The molecule has 19 heavy (non-hydrogen) atoms. The highest BCUT2D eigenvalue weighted by atomic mass is 16.5. The fraction of sp³-hybridized carbons (Fsp3) is 0.938. The summed E-state index contributed by atoms with van der Waals surface area (Å²) < 4.78 is 5.20. The van der Waals surface area contributed by atoms with Crippen molar-refractivity contribution in [2.45, 2.75) is 71.3 Å². The molecule has 1 saturated carbocycles. The van der Waals surface area contributed by atoms with Crippen molar-refractivity contribution in [1.82, 2.24) is 4.90 Å². The topological polar surface area (TPSA) is 29.5 Å². The Morgan fingerprint density at radius 3 is 2.26 bits per heavy atom. The molecule has 1 aliphatic carbocycles. The van der Waals surface area contributed by atoms with E-state index in [1.54, 1.807) is 0 Å². The van der Waals surface area contributed by atoms with Gasteiger partial charge in [0.2, 0.25) is 0 Å². The van der Waals surface area contributed by atoms with Crippen molar-refractivity contribution in [2.24, 2.45) is 5.41 Å². The predicted octanol–water partition coefficient (Wildman–Crippen LogP) is 3.37. The first kappa shape index (κ1) is 14.8. The van der Waals surface area contributed by atoms with Crippen LogP contribution in [0.2, 0.25) is 0 Å². The van der Waals surface area contributed by atoms with E-state index in [-0.39, 0.29) is 12.0 Å². The normalized spacial score (nSPS) is 25.2. The fourth-order valence-corrected chi connectivity index (χ4v) is 3.92. The van der Waals surface area contributed by atoms with Gasteiger partial charge in [-0.25, -0.2) is 0 Å². The molecular weight excluding hydrogens is 238 g/mol. The minimum atomic E-state index is -0.0235. The van der Waals surface area contributed by atoms with Crippen LogP contribution in [0.3, 0.4) is 0 Å². The molecule has 1 atom stereocenters. The molecule has 1 heterocycles. The molecule has 0 N–H and O–H groups in total. The third-order valence-corrected chi connectivity index (χ3v) is 5.16. The van der Waals surface area contributed by atoms with Crippen LogP contribution in [0.4, 0.5) is 0 Å². The molecule has 3 heteroatoms. The van der Waals surface area contributed by atoms with Crippen LogP contribution in [0.25, 0.3) is 0 Å². The fourth-order valence-electron chi connectivity index (χ4n) is 3.92. The summed E-state index contributed by atoms with van der Waals surface area (Å²) in [5.74, 6) is -0.0235. The first-order valence-electron chi connectivity index (χ1n) is 8.11. The van der Waals surface area contributed by atoms with Gasteiger partial charge in [0.05, 0.1) is 6.61 Å². The van der Waals surface area contributed by atoms with Gasteiger partial charge in [-0.15, -0.1) is 0 Å². The molecule has 0 aromatic carbocycles. The molecule has 110 valence electrons. The Morgan fingerprint density at radius 1 is 1.11 bits per heavy atom. The molecule has 0 bridgehead atoms. The van der Waals surface area contributed by atoms with Crippen LogP contribution in [0.15, 0.2) is 0 Å². The SMILES string of the molecule is CCOC(=O)C(CC)N1CCC2(CCCCC2)CC1. The van der Waals surface area contributed by atoms with Gasteiger partial charge >= 0.3 is 5.97 Å². The van der Waals surface area contributed by atoms with Crippen LogP contribution in [0.1, 0.15) is 65.2 Å². The smallest absolute Gasteiger partial charge is 0.323 e. The summed E-state index contributed by atoms with van der Waals surface area (Å²) in [6.07, 6.45) is 10.5. The van der Waals surface area contributed by atoms with E-state index in [2.05, 4.69) is 11.8 Å². The number of hydrogen-bond donors (Lipinski definition) is 0. The second-order valence-corrected chi connectivity index (χ2v) is 6.27. The summed E-state index contributed by atoms with van der Waals surface area (Å²) in [6.45, 7) is 6.63. The molecule has 3 nitrogen and oxygen atoms in total. The minimum Gasteiger partial charge on any atom is -0.465 e. The Balaban J connectivity index is 1.88. The van der Waals surface area contributed by atoms with E-state index in [4.69, 9.17) is 4.74 Å². The maximum atomic E-state index is 12.0. The second-order valence-electron chi connectivity index (χ2n) is 6.27. The van der Waals surface area contributed by atoms with Gasteiger partial charge in [-0.1, -0.05) is 26.2 Å². The maximum Gasteiger partial charge on any atom is 0.323 e. The van der Waals surface area contributed by atoms with Crippen molar-refractivity contribution < 1.29 is 9.53 Å². The number of esters is 1. The van der Waals surface area contributed by atoms with Gasteiger partial charge in [0.1, 0.15) is 6.04 Å². The first-order valence-corrected chi connectivity index (χ1v) is 8.11. The predicted molar refractivity (Wildman–Crippen MR) is 77.0 cm³/mol. The van der Waals surface area contributed by atoms with Crippen molar-refractivity contribution in [3.63, 3.8) is 0 Å². The van der Waals surface area contributed by atoms with Crippen LogP contribution >= 0.6 is 0 Å². The average molecular weight is 267 g/mol. The standard InChI is InChI=1S/C16H29NO2/c1-3-14(15(18)19-4-2)17-12-10-16(11-13-17)8-6-5-7-9-16/h14H,3-13H2,1-2H3. The minimum absolute atomic E-state index is 0.0131. The lowest BCUT2D eigenvalue weighted by Gasteiger charge is -2.45. The molecule has 0 aromatic rings. The largest absolute Gasteiger partial charge is 0.465 e. The van der Waals surface area contributed by atoms with Crippen LogP contribution in [-0.4, -0.2) is 36.6 Å². The molecular formula is C16H29NO2. The molecule has 1 saturated heterocycles. The van der Waals surface area contributed by atoms with Gasteiger partial charge in [0, 0.05) is 0 Å². The highest BCUT2D eigenvalue weighted by molar-refractivity contribution is 5.75. The van der Waals surface area contributed by atoms with Crippen LogP contribution in [0, 0.1) is 5.41 Å². The number of carbonyl (C=O) groups excluding carboxylic acids is 1. The lowest BCUT2D eigenvalue weighted by molar-refractivity contribution is -0.151. The number of carbonyl (C=O) groups is 1. The molecule has 1 aliphatic heterocycles. The Hall–Kier alpha value is -0.570. The third kappa shape index (κ3) is 3.50. The lowest BCUT2D eigenvalue weighted by Crippen LogP contribution is -2.49. The molecule has 1 spiro atoms. The van der Waals surface area contributed by atoms with Gasteiger partial charge in [0.15, 0.2) is 0 Å². The van der Waals surface area contributed by atoms with E-state index < -0.39 is 0 Å². The first-order chi connectivity index (χ1) is 9.21. The van der Waals surface area contributed by atoms with Crippen LogP contribution in [-0.2, 0) is 9.53 Å². The monoisotopic (exact) mass is 267 g/mol. The molecule has 2 aliphatic rings. The third-order valence-electron chi connectivity index (χ3n) is 5.16. The summed E-state index contributed by atoms with van der Waals surface area (Å²) in [5, 5.41) is 0. The Labute approximate surface area is 117 Å². The van der Waals surface area contributed by atoms with E-state index in [9.17, 15) is 4.79 Å². The molecule has 0 aromatic heterocycles. The average Bonchev–Trinajstić information content (AvgIpc) is 2.43. The summed E-state index contributed by atoms with van der Waals surface area (Å²) >= 11 is 0.